The molecule has 1 aromatic carbocycles. The molecule has 0 spiro atoms. The number of alkyl halides is 3. The number of nitrogens with one attached hydrogen (secondary N) is 1. The molecule has 0 unspecified atom stereocenters. The fraction of sp³-hybridized carbons (Fsp3) is 0.571. The van der Waals surface area contributed by atoms with E-state index in [0.717, 1.165) is 5.56 Å². The highest BCUT2D eigenvalue weighted by Gasteiger charge is 2.30. The Labute approximate surface area is 126 Å². The fourth-order valence-electron chi connectivity index (χ4n) is 1.82. The van der Waals surface area contributed by atoms with Crippen molar-refractivity contribution in [1.29, 1.82) is 0 Å². The maximum absolute atomic E-state index is 12.5. The Kier molecular flexibility index (Phi) is 6.33. The van der Waals surface area contributed by atoms with Gasteiger partial charge in [0.25, 0.3) is 0 Å². The lowest BCUT2D eigenvalue weighted by molar-refractivity contribution is -0.119. The SMILES string of the molecule is CCN(CC(F)(F)F)c1ccc(CNC(C)C)cc1Br. The van der Waals surface area contributed by atoms with Gasteiger partial charge in [-0.25, -0.2) is 0 Å². The second kappa shape index (κ2) is 7.31. The van der Waals surface area contributed by atoms with E-state index in [4.69, 9.17) is 0 Å². The molecule has 0 saturated carbocycles. The third-order valence-electron chi connectivity index (χ3n) is 2.82. The molecule has 0 saturated heterocycles. The molecule has 0 bridgehead atoms. The van der Waals surface area contributed by atoms with E-state index in [0.29, 0.717) is 29.3 Å². The number of nitrogens with zero attached hydrogens (tertiary/aromatic N) is 1. The lowest BCUT2D eigenvalue weighted by Gasteiger charge is -2.25. The van der Waals surface area contributed by atoms with E-state index in [1.807, 2.05) is 26.0 Å². The molecule has 0 radical (unpaired) electrons. The minimum atomic E-state index is -4.20. The number of rotatable bonds is 6. The lowest BCUT2D eigenvalue weighted by atomic mass is 10.2. The topological polar surface area (TPSA) is 15.3 Å². The summed E-state index contributed by atoms with van der Waals surface area (Å²) in [7, 11) is 0. The molecule has 1 rings (SSSR count). The second-order valence-electron chi connectivity index (χ2n) is 4.95. The number of hydrogen-bond acceptors (Lipinski definition) is 2. The van der Waals surface area contributed by atoms with Crippen molar-refractivity contribution in [2.75, 3.05) is 18.0 Å². The van der Waals surface area contributed by atoms with Crippen LogP contribution in [0.1, 0.15) is 26.3 Å². The molecule has 114 valence electrons. The van der Waals surface area contributed by atoms with Gasteiger partial charge in [0.15, 0.2) is 0 Å². The van der Waals surface area contributed by atoms with E-state index in [-0.39, 0.29) is 0 Å². The highest BCUT2D eigenvalue weighted by Crippen LogP contribution is 2.30. The maximum atomic E-state index is 12.5. The van der Waals surface area contributed by atoms with Crippen molar-refractivity contribution < 1.29 is 13.2 Å². The van der Waals surface area contributed by atoms with Crippen LogP contribution in [0.3, 0.4) is 0 Å². The van der Waals surface area contributed by atoms with Gasteiger partial charge in [-0.2, -0.15) is 13.2 Å². The van der Waals surface area contributed by atoms with Crippen LogP contribution in [0.5, 0.6) is 0 Å². The summed E-state index contributed by atoms with van der Waals surface area (Å²) < 4.78 is 38.3. The first-order valence-corrected chi connectivity index (χ1v) is 7.35. The minimum Gasteiger partial charge on any atom is -0.362 e. The standard InChI is InChI=1S/C14H20BrF3N2/c1-4-20(9-14(16,17)18)13-6-5-11(7-12(13)15)8-19-10(2)3/h5-7,10,19H,4,8-9H2,1-3H3. The van der Waals surface area contributed by atoms with Crippen LogP contribution in [-0.2, 0) is 6.54 Å². The van der Waals surface area contributed by atoms with Crippen LogP contribution in [0.15, 0.2) is 22.7 Å². The van der Waals surface area contributed by atoms with Gasteiger partial charge in [0.2, 0.25) is 0 Å². The first-order chi connectivity index (χ1) is 9.23. The Morgan fingerprint density at radius 1 is 1.30 bits per heavy atom. The summed E-state index contributed by atoms with van der Waals surface area (Å²) in [5, 5.41) is 3.28. The molecule has 1 N–H and O–H groups in total. The summed E-state index contributed by atoms with van der Waals surface area (Å²) in [5.74, 6) is 0. The second-order valence-corrected chi connectivity index (χ2v) is 5.81. The Bertz CT molecular complexity index is 433. The van der Waals surface area contributed by atoms with Crippen LogP contribution >= 0.6 is 15.9 Å². The normalized spacial score (nSPS) is 12.0. The van der Waals surface area contributed by atoms with Gasteiger partial charge in [0.1, 0.15) is 6.54 Å². The van der Waals surface area contributed by atoms with Crippen LogP contribution in [-0.4, -0.2) is 25.3 Å². The summed E-state index contributed by atoms with van der Waals surface area (Å²) in [6.07, 6.45) is -4.20. The van der Waals surface area contributed by atoms with Crippen LogP contribution < -0.4 is 10.2 Å². The zero-order chi connectivity index (χ0) is 15.3. The van der Waals surface area contributed by atoms with Crippen molar-refractivity contribution in [2.45, 2.75) is 39.5 Å². The third kappa shape index (κ3) is 5.71. The van der Waals surface area contributed by atoms with Gasteiger partial charge < -0.3 is 10.2 Å². The van der Waals surface area contributed by atoms with Crippen LogP contribution in [0.2, 0.25) is 0 Å². The molecular formula is C14H20BrF3N2. The molecule has 20 heavy (non-hydrogen) atoms. The van der Waals surface area contributed by atoms with Crippen molar-refractivity contribution in [3.63, 3.8) is 0 Å². The average molecular weight is 353 g/mol. The van der Waals surface area contributed by atoms with Crippen molar-refractivity contribution >= 4 is 21.6 Å². The largest absolute Gasteiger partial charge is 0.405 e. The van der Waals surface area contributed by atoms with Crippen LogP contribution in [0.4, 0.5) is 18.9 Å². The molecule has 0 fully saturated rings. The molecule has 0 aliphatic rings. The monoisotopic (exact) mass is 352 g/mol. The zero-order valence-corrected chi connectivity index (χ0v) is 13.5. The third-order valence-corrected chi connectivity index (χ3v) is 3.45. The van der Waals surface area contributed by atoms with E-state index < -0.39 is 12.7 Å². The summed E-state index contributed by atoms with van der Waals surface area (Å²) in [6.45, 7) is 5.87. The highest BCUT2D eigenvalue weighted by molar-refractivity contribution is 9.10. The Balaban J connectivity index is 2.85. The number of halogens is 4. The number of benzene rings is 1. The fourth-order valence-corrected chi connectivity index (χ4v) is 2.50. The van der Waals surface area contributed by atoms with E-state index in [1.54, 1.807) is 13.0 Å². The molecular weight excluding hydrogens is 333 g/mol. The van der Waals surface area contributed by atoms with E-state index in [1.165, 1.54) is 4.90 Å². The van der Waals surface area contributed by atoms with Gasteiger partial charge in [0.05, 0.1) is 5.69 Å². The van der Waals surface area contributed by atoms with Crippen LogP contribution in [0, 0.1) is 0 Å². The molecule has 0 heterocycles. The van der Waals surface area contributed by atoms with Gasteiger partial charge in [-0.3, -0.25) is 0 Å². The highest BCUT2D eigenvalue weighted by atomic mass is 79.9. The number of anilines is 1. The quantitative estimate of drug-likeness (QED) is 0.819. The molecule has 0 aliphatic carbocycles. The van der Waals surface area contributed by atoms with Crippen molar-refractivity contribution in [1.82, 2.24) is 5.32 Å². The minimum absolute atomic E-state index is 0.307. The van der Waals surface area contributed by atoms with E-state index in [2.05, 4.69) is 21.2 Å². The molecule has 1 aromatic rings. The smallest absolute Gasteiger partial charge is 0.362 e. The van der Waals surface area contributed by atoms with Gasteiger partial charge >= 0.3 is 6.18 Å². The Morgan fingerprint density at radius 2 is 1.95 bits per heavy atom. The van der Waals surface area contributed by atoms with E-state index in [9.17, 15) is 13.2 Å². The zero-order valence-electron chi connectivity index (χ0n) is 11.9. The summed E-state index contributed by atoms with van der Waals surface area (Å²) in [6, 6.07) is 5.82. The molecule has 0 aliphatic heterocycles. The van der Waals surface area contributed by atoms with E-state index >= 15 is 0 Å². The van der Waals surface area contributed by atoms with Crippen molar-refractivity contribution in [3.05, 3.63) is 28.2 Å². The summed E-state index contributed by atoms with van der Waals surface area (Å²) >= 11 is 3.37. The van der Waals surface area contributed by atoms with Crippen molar-refractivity contribution in [2.24, 2.45) is 0 Å². The average Bonchev–Trinajstić information content (AvgIpc) is 2.33. The number of hydrogen-bond donors (Lipinski definition) is 1. The molecule has 0 atom stereocenters. The lowest BCUT2D eigenvalue weighted by Crippen LogP contribution is -2.34. The van der Waals surface area contributed by atoms with Crippen molar-refractivity contribution in [3.8, 4) is 0 Å². The van der Waals surface area contributed by atoms with Crippen LogP contribution in [0.25, 0.3) is 0 Å². The Hall–Kier alpha value is -0.750. The molecule has 2 nitrogen and oxygen atoms in total. The van der Waals surface area contributed by atoms with Gasteiger partial charge in [-0.05, 0) is 40.5 Å². The first-order valence-electron chi connectivity index (χ1n) is 6.56. The predicted molar refractivity (Wildman–Crippen MR) is 80.1 cm³/mol. The Morgan fingerprint density at radius 3 is 2.40 bits per heavy atom. The summed E-state index contributed by atoms with van der Waals surface area (Å²) in [5.41, 5.74) is 1.61. The first kappa shape index (κ1) is 17.3. The van der Waals surface area contributed by atoms with Gasteiger partial charge in [-0.15, -0.1) is 0 Å². The molecule has 6 heteroatoms. The molecule has 0 amide bonds. The van der Waals surface area contributed by atoms with Gasteiger partial charge in [0, 0.05) is 23.6 Å². The predicted octanol–water partition coefficient (Wildman–Crippen LogP) is 4.34. The molecule has 0 aromatic heterocycles. The maximum Gasteiger partial charge on any atom is 0.405 e. The van der Waals surface area contributed by atoms with Gasteiger partial charge in [-0.1, -0.05) is 19.9 Å². The summed E-state index contributed by atoms with van der Waals surface area (Å²) in [4.78, 5) is 1.31.